The number of hydrogen-bond donors (Lipinski definition) is 2. The number of carbonyl (C=O) groups is 2. The molecule has 0 aliphatic carbocycles. The van der Waals surface area contributed by atoms with E-state index >= 15 is 0 Å². The Morgan fingerprint density at radius 1 is 0.913 bits per heavy atom. The number of alkyl halides is 6. The van der Waals surface area contributed by atoms with Crippen molar-refractivity contribution in [1.82, 2.24) is 9.97 Å². The van der Waals surface area contributed by atoms with Gasteiger partial charge in [-0.3, -0.25) is 9.59 Å². The van der Waals surface area contributed by atoms with Gasteiger partial charge in [0.05, 0.1) is 11.4 Å². The van der Waals surface area contributed by atoms with Crippen LogP contribution in [-0.2, 0) is 0 Å². The summed E-state index contributed by atoms with van der Waals surface area (Å²) in [6, 6.07) is 4.75. The van der Waals surface area contributed by atoms with Crippen LogP contribution in [-0.4, -0.2) is 29.1 Å². The minimum Gasteiger partial charge on any atom is -0.359 e. The van der Waals surface area contributed by atoms with Crippen molar-refractivity contribution in [3.8, 4) is 0 Å². The first kappa shape index (κ1) is 21.2. The lowest BCUT2D eigenvalue weighted by Gasteiger charge is -2.06. The van der Waals surface area contributed by atoms with Gasteiger partial charge in [-0.2, -0.15) is 0 Å². The van der Waals surface area contributed by atoms with Gasteiger partial charge in [-0.15, -0.1) is 0 Å². The lowest BCUT2D eigenvalue weighted by molar-refractivity contribution is 0.0984. The number of aromatic nitrogens is 2. The van der Waals surface area contributed by atoms with E-state index in [0.717, 1.165) is 4.47 Å². The van der Waals surface area contributed by atoms with Gasteiger partial charge in [0.25, 0.3) is 7.59 Å². The first-order valence-corrected chi connectivity index (χ1v) is 8.69. The lowest BCUT2D eigenvalue weighted by Crippen LogP contribution is -2.18. The topological polar surface area (TPSA) is 65.7 Å². The average Bonchev–Trinajstić information content (AvgIpc) is 3.06. The van der Waals surface area contributed by atoms with E-state index in [9.17, 15) is 9.59 Å². The van der Waals surface area contributed by atoms with Gasteiger partial charge in [-0.05, 0) is 34.1 Å². The maximum absolute atomic E-state index is 11.2. The summed E-state index contributed by atoms with van der Waals surface area (Å²) in [5, 5.41) is 0. The molecule has 0 aromatic carbocycles. The third kappa shape index (κ3) is 6.86. The van der Waals surface area contributed by atoms with Gasteiger partial charge >= 0.3 is 0 Å². The normalized spacial score (nSPS) is 11.6. The second-order valence-electron chi connectivity index (χ2n) is 3.97. The molecule has 0 saturated heterocycles. The molecule has 0 spiro atoms. The molecule has 0 atom stereocenters. The number of aromatic amines is 2. The zero-order chi connectivity index (χ0) is 17.8. The Bertz CT molecular complexity index is 673. The molecule has 2 aromatic heterocycles. The van der Waals surface area contributed by atoms with E-state index in [1.807, 2.05) is 0 Å². The third-order valence-corrected chi connectivity index (χ3v) is 3.74. The molecule has 0 aliphatic rings. The molecular formula is C12H7BrCl6N2O2. The Balaban J connectivity index is 0.000000231. The molecule has 0 unspecified atom stereocenters. The molecule has 2 heterocycles. The first-order chi connectivity index (χ1) is 10.4. The molecule has 4 nitrogen and oxygen atoms in total. The highest BCUT2D eigenvalue weighted by molar-refractivity contribution is 9.10. The van der Waals surface area contributed by atoms with Gasteiger partial charge < -0.3 is 9.97 Å². The van der Waals surface area contributed by atoms with Crippen LogP contribution in [0.3, 0.4) is 0 Å². The van der Waals surface area contributed by atoms with Crippen molar-refractivity contribution in [2.24, 2.45) is 0 Å². The standard InChI is InChI=1S/C6H3BrCl3NO.C6H4Cl3NO/c7-3-1-4(11-2-3)5(12)6(8,9)10;7-6(8,9)5(11)4-2-1-3-10-4/h1-2,11H;1-3,10H. The van der Waals surface area contributed by atoms with Crippen LogP contribution in [0.15, 0.2) is 35.1 Å². The van der Waals surface area contributed by atoms with Crippen molar-refractivity contribution in [2.75, 3.05) is 0 Å². The van der Waals surface area contributed by atoms with Crippen LogP contribution in [0.1, 0.15) is 21.0 Å². The van der Waals surface area contributed by atoms with Crippen LogP contribution in [0.2, 0.25) is 0 Å². The fraction of sp³-hybridized carbons (Fsp3) is 0.167. The molecule has 2 aromatic rings. The Hall–Kier alpha value is 0.120. The molecule has 126 valence electrons. The van der Waals surface area contributed by atoms with E-state index in [1.54, 1.807) is 30.6 Å². The molecule has 11 heteroatoms. The van der Waals surface area contributed by atoms with Crippen molar-refractivity contribution in [3.05, 3.63) is 46.5 Å². The van der Waals surface area contributed by atoms with Crippen LogP contribution in [0, 0.1) is 0 Å². The van der Waals surface area contributed by atoms with Crippen molar-refractivity contribution < 1.29 is 9.59 Å². The molecular weight excluding hydrogens is 497 g/mol. The minimum atomic E-state index is -1.90. The number of rotatable bonds is 2. The number of ketones is 2. The van der Waals surface area contributed by atoms with Crippen molar-refractivity contribution in [1.29, 1.82) is 0 Å². The highest BCUT2D eigenvalue weighted by Gasteiger charge is 2.32. The summed E-state index contributed by atoms with van der Waals surface area (Å²) in [5.41, 5.74) is 0.562. The third-order valence-electron chi connectivity index (χ3n) is 2.25. The molecule has 2 N–H and O–H groups in total. The Morgan fingerprint density at radius 3 is 1.78 bits per heavy atom. The Kier molecular flexibility index (Phi) is 7.80. The zero-order valence-corrected chi connectivity index (χ0v) is 17.0. The largest absolute Gasteiger partial charge is 0.359 e. The van der Waals surface area contributed by atoms with Crippen LogP contribution in [0.4, 0.5) is 0 Å². The van der Waals surface area contributed by atoms with E-state index in [2.05, 4.69) is 25.9 Å². The summed E-state index contributed by atoms with van der Waals surface area (Å²) in [5.74, 6) is -1.12. The highest BCUT2D eigenvalue weighted by atomic mass is 79.9. The molecule has 0 aliphatic heterocycles. The number of nitrogens with one attached hydrogen (secondary N) is 2. The van der Waals surface area contributed by atoms with Gasteiger partial charge in [0.2, 0.25) is 11.6 Å². The molecule has 0 saturated carbocycles. The van der Waals surface area contributed by atoms with Crippen molar-refractivity contribution >= 4 is 97.1 Å². The summed E-state index contributed by atoms with van der Waals surface area (Å²) in [7, 11) is 0. The zero-order valence-electron chi connectivity index (χ0n) is 10.8. The van der Waals surface area contributed by atoms with Gasteiger partial charge in [0, 0.05) is 16.9 Å². The average molecular weight is 504 g/mol. The van der Waals surface area contributed by atoms with E-state index in [0.29, 0.717) is 5.69 Å². The molecule has 23 heavy (non-hydrogen) atoms. The van der Waals surface area contributed by atoms with Crippen LogP contribution in [0.5, 0.6) is 0 Å². The SMILES string of the molecule is O=C(c1cc(Br)c[nH]1)C(Cl)(Cl)Cl.O=C(c1ccc[nH]1)C(Cl)(Cl)Cl. The first-order valence-electron chi connectivity index (χ1n) is 5.63. The van der Waals surface area contributed by atoms with Gasteiger partial charge in [0.1, 0.15) is 0 Å². The van der Waals surface area contributed by atoms with Gasteiger partial charge in [-0.1, -0.05) is 69.6 Å². The fourth-order valence-electron chi connectivity index (χ4n) is 1.28. The van der Waals surface area contributed by atoms with E-state index in [-0.39, 0.29) is 5.69 Å². The summed E-state index contributed by atoms with van der Waals surface area (Å²) in [6.07, 6.45) is 3.17. The van der Waals surface area contributed by atoms with E-state index < -0.39 is 19.2 Å². The fourth-order valence-corrected chi connectivity index (χ4v) is 2.23. The Labute approximate surface area is 169 Å². The predicted octanol–water partition coefficient (Wildman–Crippen LogP) is 5.90. The summed E-state index contributed by atoms with van der Waals surface area (Å²) in [4.78, 5) is 27.6. The minimum absolute atomic E-state index is 0.266. The molecule has 0 amide bonds. The Morgan fingerprint density at radius 2 is 1.43 bits per heavy atom. The lowest BCUT2D eigenvalue weighted by atomic mass is 10.3. The summed E-state index contributed by atoms with van der Waals surface area (Å²) >= 11 is 35.3. The van der Waals surface area contributed by atoms with Crippen LogP contribution >= 0.6 is 85.5 Å². The smallest absolute Gasteiger partial charge is 0.254 e. The second kappa shape index (κ2) is 8.48. The number of halogens is 7. The summed E-state index contributed by atoms with van der Waals surface area (Å²) < 4.78 is -3.03. The molecule has 0 radical (unpaired) electrons. The maximum atomic E-state index is 11.2. The molecule has 0 bridgehead atoms. The quantitative estimate of drug-likeness (QED) is 0.396. The number of hydrogen-bond acceptors (Lipinski definition) is 2. The van der Waals surface area contributed by atoms with E-state index in [4.69, 9.17) is 69.6 Å². The monoisotopic (exact) mass is 500 g/mol. The summed E-state index contributed by atoms with van der Waals surface area (Å²) in [6.45, 7) is 0. The molecule has 2 rings (SSSR count). The van der Waals surface area contributed by atoms with Crippen LogP contribution < -0.4 is 0 Å². The van der Waals surface area contributed by atoms with Crippen LogP contribution in [0.25, 0.3) is 0 Å². The number of Topliss-reactive ketones (excluding diaryl/α,β-unsaturated/α-hetero) is 2. The second-order valence-corrected chi connectivity index (χ2v) is 9.45. The molecule has 0 fully saturated rings. The number of H-pyrrole nitrogens is 2. The number of carbonyl (C=O) groups excluding carboxylic acids is 2. The highest BCUT2D eigenvalue weighted by Crippen LogP contribution is 2.31. The van der Waals surface area contributed by atoms with Gasteiger partial charge in [0.15, 0.2) is 0 Å². The van der Waals surface area contributed by atoms with Crippen molar-refractivity contribution in [2.45, 2.75) is 7.59 Å². The van der Waals surface area contributed by atoms with Gasteiger partial charge in [-0.25, -0.2) is 0 Å². The van der Waals surface area contributed by atoms with E-state index in [1.165, 1.54) is 0 Å². The maximum Gasteiger partial charge on any atom is 0.254 e. The predicted molar refractivity (Wildman–Crippen MR) is 98.5 cm³/mol. The van der Waals surface area contributed by atoms with Crippen molar-refractivity contribution in [3.63, 3.8) is 0 Å².